The predicted octanol–water partition coefficient (Wildman–Crippen LogP) is 3.25. The molecule has 1 saturated heterocycles. The molecule has 1 unspecified atom stereocenters. The van der Waals surface area contributed by atoms with Gasteiger partial charge in [-0.3, -0.25) is 4.79 Å². The summed E-state index contributed by atoms with van der Waals surface area (Å²) in [5.41, 5.74) is 0. The minimum atomic E-state index is -0.0406. The summed E-state index contributed by atoms with van der Waals surface area (Å²) in [5, 5.41) is 3.33. The quantitative estimate of drug-likeness (QED) is 0.889. The topological polar surface area (TPSA) is 32.3 Å². The average molecular weight is 368 g/mol. The number of nitrogens with one attached hydrogen (secondary N) is 1. The average Bonchev–Trinajstić information content (AvgIpc) is 2.84. The van der Waals surface area contributed by atoms with Gasteiger partial charge in [-0.05, 0) is 60.9 Å². The molecule has 1 aromatic heterocycles. The Bertz CT molecular complexity index is 421. The van der Waals surface area contributed by atoms with Crippen LogP contribution in [0.2, 0.25) is 0 Å². The predicted molar refractivity (Wildman–Crippen MR) is 86.3 cm³/mol. The molecule has 1 aromatic rings. The van der Waals surface area contributed by atoms with Gasteiger partial charge in [0.05, 0.1) is 9.70 Å². The molecule has 108 valence electrons. The number of hydrogen-bond donors (Lipinski definition) is 1. The molecule has 1 atom stereocenters. The van der Waals surface area contributed by atoms with Gasteiger partial charge in [0.2, 0.25) is 5.91 Å². The van der Waals surface area contributed by atoms with Crippen molar-refractivity contribution in [2.75, 3.05) is 20.1 Å². The van der Waals surface area contributed by atoms with E-state index in [2.05, 4.69) is 21.2 Å². The van der Waals surface area contributed by atoms with Gasteiger partial charge in [0.25, 0.3) is 0 Å². The van der Waals surface area contributed by atoms with Crippen LogP contribution in [-0.4, -0.2) is 37.0 Å². The van der Waals surface area contributed by atoms with Crippen LogP contribution < -0.4 is 5.32 Å². The summed E-state index contributed by atoms with van der Waals surface area (Å²) in [4.78, 5) is 15.5. The van der Waals surface area contributed by atoms with Crippen LogP contribution in [0.4, 0.5) is 0 Å². The Morgan fingerprint density at radius 1 is 1.47 bits per heavy atom. The Morgan fingerprint density at radius 3 is 2.63 bits per heavy atom. The van der Waals surface area contributed by atoms with Crippen LogP contribution in [0.3, 0.4) is 0 Å². The van der Waals surface area contributed by atoms with Crippen molar-refractivity contribution >= 4 is 45.6 Å². The summed E-state index contributed by atoms with van der Waals surface area (Å²) in [6, 6.07) is 4.44. The Morgan fingerprint density at radius 2 is 2.11 bits per heavy atom. The van der Waals surface area contributed by atoms with Crippen molar-refractivity contribution in [1.82, 2.24) is 10.2 Å². The van der Waals surface area contributed by atoms with E-state index in [0.29, 0.717) is 6.04 Å². The monoisotopic (exact) mass is 366 g/mol. The first-order valence-corrected chi connectivity index (χ1v) is 7.93. The van der Waals surface area contributed by atoms with Crippen LogP contribution >= 0.6 is 39.7 Å². The van der Waals surface area contributed by atoms with E-state index in [1.165, 1.54) is 0 Å². The van der Waals surface area contributed by atoms with E-state index in [9.17, 15) is 4.79 Å². The number of amides is 1. The Kier molecular flexibility index (Phi) is 6.80. The summed E-state index contributed by atoms with van der Waals surface area (Å²) < 4.78 is 1.08. The maximum absolute atomic E-state index is 12.4. The fourth-order valence-corrected chi connectivity index (χ4v) is 3.83. The highest BCUT2D eigenvalue weighted by Crippen LogP contribution is 2.30. The van der Waals surface area contributed by atoms with Crippen molar-refractivity contribution in [3.05, 3.63) is 20.8 Å². The maximum atomic E-state index is 12.4. The minimum Gasteiger partial charge on any atom is -0.342 e. The molecule has 0 bridgehead atoms. The van der Waals surface area contributed by atoms with Gasteiger partial charge in [-0.25, -0.2) is 0 Å². The number of likely N-dealkylation sites (N-methyl/N-ethyl adjacent to an activating group) is 1. The fraction of sp³-hybridized carbons (Fsp3) is 0.615. The number of piperidine rings is 1. The van der Waals surface area contributed by atoms with E-state index in [-0.39, 0.29) is 24.2 Å². The van der Waals surface area contributed by atoms with E-state index >= 15 is 0 Å². The molecule has 0 spiro atoms. The van der Waals surface area contributed by atoms with Crippen LogP contribution in [0.15, 0.2) is 15.9 Å². The van der Waals surface area contributed by atoms with Gasteiger partial charge >= 0.3 is 0 Å². The van der Waals surface area contributed by atoms with Crippen LogP contribution in [0.1, 0.15) is 30.6 Å². The smallest absolute Gasteiger partial charge is 0.230 e. The van der Waals surface area contributed by atoms with E-state index in [4.69, 9.17) is 0 Å². The van der Waals surface area contributed by atoms with Gasteiger partial charge in [-0.2, -0.15) is 0 Å². The van der Waals surface area contributed by atoms with Crippen molar-refractivity contribution in [1.29, 1.82) is 0 Å². The van der Waals surface area contributed by atoms with Crippen LogP contribution in [0.5, 0.6) is 0 Å². The summed E-state index contributed by atoms with van der Waals surface area (Å²) in [5.74, 6) is 0.192. The normalized spacial score (nSPS) is 17.6. The molecule has 19 heavy (non-hydrogen) atoms. The highest BCUT2D eigenvalue weighted by Gasteiger charge is 2.26. The third kappa shape index (κ3) is 4.18. The molecule has 0 aromatic carbocycles. The van der Waals surface area contributed by atoms with Crippen molar-refractivity contribution in [3.63, 3.8) is 0 Å². The van der Waals surface area contributed by atoms with E-state index < -0.39 is 0 Å². The highest BCUT2D eigenvalue weighted by atomic mass is 79.9. The molecule has 0 aliphatic carbocycles. The fourth-order valence-electron chi connectivity index (χ4n) is 2.36. The second kappa shape index (κ2) is 7.62. The number of rotatable bonds is 3. The zero-order chi connectivity index (χ0) is 13.1. The summed E-state index contributed by atoms with van der Waals surface area (Å²) in [7, 11) is 1.94. The first-order chi connectivity index (χ1) is 8.59. The molecule has 3 nitrogen and oxygen atoms in total. The Balaban J connectivity index is 0.00000180. The first-order valence-electron chi connectivity index (χ1n) is 6.32. The number of hydrogen-bond acceptors (Lipinski definition) is 3. The van der Waals surface area contributed by atoms with Crippen molar-refractivity contribution < 1.29 is 4.79 Å². The van der Waals surface area contributed by atoms with Gasteiger partial charge in [-0.15, -0.1) is 23.7 Å². The first kappa shape index (κ1) is 17.0. The molecule has 1 aliphatic heterocycles. The van der Waals surface area contributed by atoms with Crippen molar-refractivity contribution in [2.24, 2.45) is 0 Å². The van der Waals surface area contributed by atoms with Crippen LogP contribution in [0, 0.1) is 0 Å². The lowest BCUT2D eigenvalue weighted by Crippen LogP contribution is -2.45. The third-order valence-corrected chi connectivity index (χ3v) is 5.40. The molecule has 0 radical (unpaired) electrons. The third-order valence-electron chi connectivity index (χ3n) is 3.60. The second-order valence-electron chi connectivity index (χ2n) is 4.79. The lowest BCUT2D eigenvalue weighted by Gasteiger charge is -2.33. The van der Waals surface area contributed by atoms with Crippen molar-refractivity contribution in [2.45, 2.75) is 31.7 Å². The van der Waals surface area contributed by atoms with Gasteiger partial charge < -0.3 is 10.2 Å². The molecular formula is C13H20BrClN2OS. The SMILES string of the molecule is CC(C(=O)N(C)C1CCNCC1)c1ccc(Br)s1.Cl. The van der Waals surface area contributed by atoms with Crippen molar-refractivity contribution in [3.8, 4) is 0 Å². The molecule has 1 fully saturated rings. The molecule has 1 aliphatic rings. The largest absolute Gasteiger partial charge is 0.342 e. The number of thiophene rings is 1. The molecular weight excluding hydrogens is 348 g/mol. The minimum absolute atomic E-state index is 0. The molecule has 1 amide bonds. The number of carbonyl (C=O) groups excluding carboxylic acids is 1. The summed E-state index contributed by atoms with van der Waals surface area (Å²) >= 11 is 5.09. The van der Waals surface area contributed by atoms with E-state index in [0.717, 1.165) is 34.6 Å². The molecule has 2 heterocycles. The van der Waals surface area contributed by atoms with Gasteiger partial charge in [0.15, 0.2) is 0 Å². The number of carbonyl (C=O) groups is 1. The molecule has 2 rings (SSSR count). The standard InChI is InChI=1S/C13H19BrN2OS.ClH/c1-9(11-3-4-12(14)18-11)13(17)16(2)10-5-7-15-8-6-10;/h3-4,9-10,15H,5-8H2,1-2H3;1H. The summed E-state index contributed by atoms with van der Waals surface area (Å²) in [6.45, 7) is 4.03. The highest BCUT2D eigenvalue weighted by molar-refractivity contribution is 9.11. The lowest BCUT2D eigenvalue weighted by molar-refractivity contribution is -0.133. The zero-order valence-electron chi connectivity index (χ0n) is 11.2. The van der Waals surface area contributed by atoms with Gasteiger partial charge in [0.1, 0.15) is 0 Å². The Labute approximate surface area is 133 Å². The zero-order valence-corrected chi connectivity index (χ0v) is 14.4. The summed E-state index contributed by atoms with van der Waals surface area (Å²) in [6.07, 6.45) is 2.12. The maximum Gasteiger partial charge on any atom is 0.230 e. The Hall–Kier alpha value is -0.100. The van der Waals surface area contributed by atoms with Gasteiger partial charge in [0, 0.05) is 18.0 Å². The van der Waals surface area contributed by atoms with E-state index in [1.54, 1.807) is 11.3 Å². The lowest BCUT2D eigenvalue weighted by atomic mass is 10.0. The molecule has 1 N–H and O–H groups in total. The number of nitrogens with zero attached hydrogens (tertiary/aromatic N) is 1. The second-order valence-corrected chi connectivity index (χ2v) is 7.29. The van der Waals surface area contributed by atoms with E-state index in [1.807, 2.05) is 31.0 Å². The molecule has 0 saturated carbocycles. The van der Waals surface area contributed by atoms with Crippen LogP contribution in [0.25, 0.3) is 0 Å². The van der Waals surface area contributed by atoms with Crippen LogP contribution in [-0.2, 0) is 4.79 Å². The van der Waals surface area contributed by atoms with Gasteiger partial charge in [-0.1, -0.05) is 0 Å². The number of halogens is 2. The molecule has 6 heteroatoms.